The van der Waals surface area contributed by atoms with Crippen LogP contribution in [0.15, 0.2) is 45.3 Å². The molecule has 1 atom stereocenters. The molecule has 0 bridgehead atoms. The van der Waals surface area contributed by atoms with E-state index in [0.29, 0.717) is 5.02 Å². The van der Waals surface area contributed by atoms with Gasteiger partial charge in [0.1, 0.15) is 6.10 Å². The summed E-state index contributed by atoms with van der Waals surface area (Å²) in [6, 6.07) is 11.3. The van der Waals surface area contributed by atoms with E-state index in [0.717, 1.165) is 25.6 Å². The fourth-order valence-electron chi connectivity index (χ4n) is 1.68. The van der Waals surface area contributed by atoms with E-state index in [4.69, 9.17) is 11.6 Å². The molecule has 0 aliphatic rings. The minimum atomic E-state index is -0.699. The summed E-state index contributed by atoms with van der Waals surface area (Å²) < 4.78 is 1.80. The molecule has 0 saturated carbocycles. The maximum absolute atomic E-state index is 10.4. The van der Waals surface area contributed by atoms with Crippen molar-refractivity contribution in [1.82, 2.24) is 0 Å². The summed E-state index contributed by atoms with van der Waals surface area (Å²) in [6.07, 6.45) is -0.699. The van der Waals surface area contributed by atoms with Crippen LogP contribution in [0.1, 0.15) is 22.8 Å². The highest BCUT2D eigenvalue weighted by molar-refractivity contribution is 9.11. The van der Waals surface area contributed by atoms with Crippen LogP contribution in [0.3, 0.4) is 0 Å². The number of aliphatic hydroxyl groups is 1. The average molecular weight is 391 g/mol. The number of rotatable bonds is 2. The van der Waals surface area contributed by atoms with E-state index in [1.54, 1.807) is 6.07 Å². The maximum atomic E-state index is 10.4. The number of hydrogen-bond donors (Lipinski definition) is 1. The Morgan fingerprint density at radius 1 is 1.11 bits per heavy atom. The SMILES string of the molecule is Cc1ccc(C(O)c2cc(Br)ccc2Br)cc1Cl. The highest BCUT2D eigenvalue weighted by Crippen LogP contribution is 2.32. The minimum absolute atomic E-state index is 0.665. The van der Waals surface area contributed by atoms with E-state index in [-0.39, 0.29) is 0 Å². The fraction of sp³-hybridized carbons (Fsp3) is 0.143. The Balaban J connectivity index is 2.44. The molecule has 0 amide bonds. The third-order valence-electron chi connectivity index (χ3n) is 2.76. The van der Waals surface area contributed by atoms with Gasteiger partial charge in [0.15, 0.2) is 0 Å². The number of aryl methyl sites for hydroxylation is 1. The number of aliphatic hydroxyl groups excluding tert-OH is 1. The molecule has 94 valence electrons. The summed E-state index contributed by atoms with van der Waals surface area (Å²) in [7, 11) is 0. The normalized spacial score (nSPS) is 12.5. The van der Waals surface area contributed by atoms with Crippen molar-refractivity contribution in [2.24, 2.45) is 0 Å². The molecular formula is C14H11Br2ClO. The second-order valence-corrected chi connectivity index (χ2v) is 6.25. The number of hydrogen-bond acceptors (Lipinski definition) is 1. The van der Waals surface area contributed by atoms with Gasteiger partial charge < -0.3 is 5.11 Å². The third kappa shape index (κ3) is 2.97. The van der Waals surface area contributed by atoms with Crippen molar-refractivity contribution in [2.45, 2.75) is 13.0 Å². The van der Waals surface area contributed by atoms with Crippen LogP contribution in [0.5, 0.6) is 0 Å². The van der Waals surface area contributed by atoms with Crippen molar-refractivity contribution in [3.05, 3.63) is 67.1 Å². The summed E-state index contributed by atoms with van der Waals surface area (Å²) in [6.45, 7) is 1.94. The van der Waals surface area contributed by atoms with E-state index < -0.39 is 6.10 Å². The van der Waals surface area contributed by atoms with Gasteiger partial charge in [-0.25, -0.2) is 0 Å². The Bertz CT molecular complexity index is 584. The molecule has 0 spiro atoms. The Morgan fingerprint density at radius 2 is 1.83 bits per heavy atom. The molecule has 0 radical (unpaired) electrons. The lowest BCUT2D eigenvalue weighted by Crippen LogP contribution is -2.01. The van der Waals surface area contributed by atoms with Gasteiger partial charge in [0.05, 0.1) is 0 Å². The van der Waals surface area contributed by atoms with E-state index in [2.05, 4.69) is 31.9 Å². The topological polar surface area (TPSA) is 20.2 Å². The summed E-state index contributed by atoms with van der Waals surface area (Å²) in [5, 5.41) is 11.1. The minimum Gasteiger partial charge on any atom is -0.384 e. The molecule has 0 aliphatic heterocycles. The predicted molar refractivity (Wildman–Crippen MR) is 82.1 cm³/mol. The van der Waals surface area contributed by atoms with Gasteiger partial charge >= 0.3 is 0 Å². The lowest BCUT2D eigenvalue weighted by atomic mass is 10.0. The summed E-state index contributed by atoms with van der Waals surface area (Å²) in [5.41, 5.74) is 2.59. The lowest BCUT2D eigenvalue weighted by molar-refractivity contribution is 0.219. The van der Waals surface area contributed by atoms with Gasteiger partial charge in [-0.1, -0.05) is 55.6 Å². The van der Waals surface area contributed by atoms with Crippen molar-refractivity contribution in [3.8, 4) is 0 Å². The molecule has 2 aromatic rings. The maximum Gasteiger partial charge on any atom is 0.105 e. The third-order valence-corrected chi connectivity index (χ3v) is 4.39. The zero-order valence-corrected chi connectivity index (χ0v) is 13.6. The second-order valence-electron chi connectivity index (χ2n) is 4.08. The largest absolute Gasteiger partial charge is 0.384 e. The van der Waals surface area contributed by atoms with Crippen molar-refractivity contribution in [1.29, 1.82) is 0 Å². The van der Waals surface area contributed by atoms with Gasteiger partial charge in [0, 0.05) is 19.5 Å². The number of halogens is 3. The van der Waals surface area contributed by atoms with Gasteiger partial charge in [0.25, 0.3) is 0 Å². The Kier molecular flexibility index (Phi) is 4.49. The van der Waals surface area contributed by atoms with Crippen LogP contribution in [0.2, 0.25) is 5.02 Å². The molecule has 1 N–H and O–H groups in total. The Hall–Kier alpha value is -0.350. The molecular weight excluding hydrogens is 379 g/mol. The van der Waals surface area contributed by atoms with E-state index in [1.165, 1.54) is 0 Å². The second kappa shape index (κ2) is 5.74. The van der Waals surface area contributed by atoms with Crippen molar-refractivity contribution in [3.63, 3.8) is 0 Å². The zero-order chi connectivity index (χ0) is 13.3. The van der Waals surface area contributed by atoms with Gasteiger partial charge in [-0.15, -0.1) is 0 Å². The van der Waals surface area contributed by atoms with Crippen molar-refractivity contribution < 1.29 is 5.11 Å². The van der Waals surface area contributed by atoms with Crippen LogP contribution >= 0.6 is 43.5 Å². The van der Waals surface area contributed by atoms with Crippen molar-refractivity contribution in [2.75, 3.05) is 0 Å². The molecule has 2 aromatic carbocycles. The molecule has 1 unspecified atom stereocenters. The fourth-order valence-corrected chi connectivity index (χ4v) is 2.71. The summed E-state index contributed by atoms with van der Waals surface area (Å²) in [4.78, 5) is 0. The molecule has 0 aromatic heterocycles. The average Bonchev–Trinajstić information content (AvgIpc) is 2.35. The van der Waals surface area contributed by atoms with Gasteiger partial charge in [-0.3, -0.25) is 0 Å². The first-order valence-corrected chi connectivity index (χ1v) is 7.34. The molecule has 4 heteroatoms. The molecule has 0 aliphatic carbocycles. The molecule has 0 saturated heterocycles. The molecule has 2 rings (SSSR count). The van der Waals surface area contributed by atoms with Crippen LogP contribution in [0.25, 0.3) is 0 Å². The lowest BCUT2D eigenvalue weighted by Gasteiger charge is -2.14. The van der Waals surface area contributed by atoms with Gasteiger partial charge in [0.2, 0.25) is 0 Å². The van der Waals surface area contributed by atoms with Gasteiger partial charge in [-0.05, 0) is 42.3 Å². The molecule has 1 nitrogen and oxygen atoms in total. The van der Waals surface area contributed by atoms with E-state index in [1.807, 2.05) is 37.3 Å². The van der Waals surface area contributed by atoms with Crippen LogP contribution in [-0.4, -0.2) is 5.11 Å². The van der Waals surface area contributed by atoms with Crippen LogP contribution in [0.4, 0.5) is 0 Å². The monoisotopic (exact) mass is 388 g/mol. The molecule has 0 fully saturated rings. The first-order chi connectivity index (χ1) is 8.49. The highest BCUT2D eigenvalue weighted by Gasteiger charge is 2.15. The predicted octanol–water partition coefficient (Wildman–Crippen LogP) is 5.26. The smallest absolute Gasteiger partial charge is 0.105 e. The summed E-state index contributed by atoms with van der Waals surface area (Å²) in [5.74, 6) is 0. The van der Waals surface area contributed by atoms with Crippen molar-refractivity contribution >= 4 is 43.5 Å². The Morgan fingerprint density at radius 3 is 2.50 bits per heavy atom. The van der Waals surface area contributed by atoms with E-state index in [9.17, 15) is 5.11 Å². The first kappa shape index (κ1) is 14.1. The first-order valence-electron chi connectivity index (χ1n) is 5.38. The summed E-state index contributed by atoms with van der Waals surface area (Å²) >= 11 is 12.9. The molecule has 18 heavy (non-hydrogen) atoms. The van der Waals surface area contributed by atoms with E-state index >= 15 is 0 Å². The van der Waals surface area contributed by atoms with Crippen LogP contribution in [-0.2, 0) is 0 Å². The number of benzene rings is 2. The van der Waals surface area contributed by atoms with Crippen LogP contribution < -0.4 is 0 Å². The standard InChI is InChI=1S/C14H11Br2ClO/c1-8-2-3-9(6-13(8)17)14(18)11-7-10(15)4-5-12(11)16/h2-7,14,18H,1H3. The van der Waals surface area contributed by atoms with Gasteiger partial charge in [-0.2, -0.15) is 0 Å². The Labute approximate surface area is 128 Å². The zero-order valence-electron chi connectivity index (χ0n) is 9.62. The van der Waals surface area contributed by atoms with Crippen LogP contribution in [0, 0.1) is 6.92 Å². The molecule has 0 heterocycles. The highest BCUT2D eigenvalue weighted by atomic mass is 79.9. The quantitative estimate of drug-likeness (QED) is 0.742.